The maximum atomic E-state index is 11.6. The van der Waals surface area contributed by atoms with Crippen molar-refractivity contribution in [2.75, 3.05) is 7.11 Å². The zero-order chi connectivity index (χ0) is 14.4. The van der Waals surface area contributed by atoms with Crippen molar-refractivity contribution in [3.63, 3.8) is 0 Å². The standard InChI is InChI=1S/C13H19NO5/c1-8(2)6-10(13(17)18-3)14-7-11-9(12(15)16)4-5-19-11/h4-5,8,10,14H,6-7H2,1-3H3,(H,15,16). The number of hydrogen-bond donors (Lipinski definition) is 2. The number of furan rings is 1. The van der Waals surface area contributed by atoms with Gasteiger partial charge in [0.05, 0.1) is 19.9 Å². The van der Waals surface area contributed by atoms with E-state index in [1.165, 1.54) is 19.4 Å². The predicted molar refractivity (Wildman–Crippen MR) is 67.8 cm³/mol. The summed E-state index contributed by atoms with van der Waals surface area (Å²) in [6.45, 7) is 4.15. The van der Waals surface area contributed by atoms with E-state index < -0.39 is 12.0 Å². The number of rotatable bonds is 7. The van der Waals surface area contributed by atoms with E-state index >= 15 is 0 Å². The molecule has 0 aliphatic carbocycles. The quantitative estimate of drug-likeness (QED) is 0.732. The Morgan fingerprint density at radius 2 is 2.16 bits per heavy atom. The molecule has 0 aliphatic heterocycles. The number of hydrogen-bond acceptors (Lipinski definition) is 5. The number of ether oxygens (including phenoxy) is 1. The minimum absolute atomic E-state index is 0.0978. The lowest BCUT2D eigenvalue weighted by molar-refractivity contribution is -0.143. The number of carboxylic acids is 1. The van der Waals surface area contributed by atoms with Crippen molar-refractivity contribution in [2.45, 2.75) is 32.9 Å². The second-order valence-electron chi connectivity index (χ2n) is 4.65. The van der Waals surface area contributed by atoms with Crippen LogP contribution in [0.1, 0.15) is 36.4 Å². The lowest BCUT2D eigenvalue weighted by atomic mass is 10.0. The van der Waals surface area contributed by atoms with Crippen LogP contribution in [0.4, 0.5) is 0 Å². The monoisotopic (exact) mass is 269 g/mol. The molecule has 0 fully saturated rings. The first-order valence-electron chi connectivity index (χ1n) is 6.06. The lowest BCUT2D eigenvalue weighted by Crippen LogP contribution is -2.38. The summed E-state index contributed by atoms with van der Waals surface area (Å²) in [4.78, 5) is 22.5. The number of carboxylic acid groups (broad SMARTS) is 1. The van der Waals surface area contributed by atoms with E-state index in [0.717, 1.165) is 0 Å². The van der Waals surface area contributed by atoms with Gasteiger partial charge in [-0.05, 0) is 18.4 Å². The first-order chi connectivity index (χ1) is 8.95. The van der Waals surface area contributed by atoms with Gasteiger partial charge in [-0.2, -0.15) is 0 Å². The van der Waals surface area contributed by atoms with Crippen molar-refractivity contribution >= 4 is 11.9 Å². The molecule has 0 amide bonds. The van der Waals surface area contributed by atoms with Gasteiger partial charge in [-0.15, -0.1) is 0 Å². The molecule has 1 aromatic heterocycles. The Bertz CT molecular complexity index is 438. The SMILES string of the molecule is COC(=O)C(CC(C)C)NCc1occc1C(=O)O. The normalized spacial score (nSPS) is 12.4. The highest BCUT2D eigenvalue weighted by Crippen LogP contribution is 2.12. The van der Waals surface area contributed by atoms with E-state index in [1.54, 1.807) is 0 Å². The van der Waals surface area contributed by atoms with Crippen LogP contribution in [0.3, 0.4) is 0 Å². The van der Waals surface area contributed by atoms with Crippen LogP contribution in [0, 0.1) is 5.92 Å². The Balaban J connectivity index is 2.67. The first-order valence-corrected chi connectivity index (χ1v) is 6.06. The summed E-state index contributed by atoms with van der Waals surface area (Å²) in [5.74, 6) is -0.807. The van der Waals surface area contributed by atoms with Gasteiger partial charge in [0, 0.05) is 0 Å². The van der Waals surface area contributed by atoms with E-state index in [1.807, 2.05) is 13.8 Å². The van der Waals surface area contributed by atoms with Crippen LogP contribution < -0.4 is 5.32 Å². The molecule has 1 heterocycles. The van der Waals surface area contributed by atoms with Crippen molar-refractivity contribution in [1.29, 1.82) is 0 Å². The largest absolute Gasteiger partial charge is 0.478 e. The molecule has 106 valence electrons. The van der Waals surface area contributed by atoms with E-state index in [0.29, 0.717) is 18.1 Å². The fourth-order valence-electron chi connectivity index (χ4n) is 1.76. The van der Waals surface area contributed by atoms with Gasteiger partial charge in [0.25, 0.3) is 0 Å². The maximum absolute atomic E-state index is 11.6. The van der Waals surface area contributed by atoms with Gasteiger partial charge in [0.1, 0.15) is 17.4 Å². The van der Waals surface area contributed by atoms with Crippen LogP contribution in [-0.2, 0) is 16.1 Å². The molecule has 0 aliphatic rings. The molecule has 19 heavy (non-hydrogen) atoms. The third-order valence-corrected chi connectivity index (χ3v) is 2.68. The number of nitrogens with one attached hydrogen (secondary N) is 1. The van der Waals surface area contributed by atoms with Gasteiger partial charge < -0.3 is 14.3 Å². The molecule has 1 rings (SSSR count). The summed E-state index contributed by atoms with van der Waals surface area (Å²) in [6.07, 6.45) is 1.92. The zero-order valence-corrected chi connectivity index (χ0v) is 11.3. The third-order valence-electron chi connectivity index (χ3n) is 2.68. The summed E-state index contributed by atoms with van der Waals surface area (Å²) >= 11 is 0. The van der Waals surface area contributed by atoms with Crippen molar-refractivity contribution in [3.05, 3.63) is 23.7 Å². The van der Waals surface area contributed by atoms with Crippen LogP contribution in [0.2, 0.25) is 0 Å². The fourth-order valence-corrected chi connectivity index (χ4v) is 1.76. The molecule has 0 saturated carbocycles. The number of aromatic carboxylic acids is 1. The molecular weight excluding hydrogens is 250 g/mol. The Hall–Kier alpha value is -1.82. The summed E-state index contributed by atoms with van der Waals surface area (Å²) in [5, 5.41) is 11.9. The Morgan fingerprint density at radius 1 is 1.47 bits per heavy atom. The van der Waals surface area contributed by atoms with E-state index in [-0.39, 0.29) is 18.1 Å². The van der Waals surface area contributed by atoms with Crippen LogP contribution in [0.15, 0.2) is 16.7 Å². The van der Waals surface area contributed by atoms with Gasteiger partial charge in [0.15, 0.2) is 0 Å². The van der Waals surface area contributed by atoms with E-state index in [2.05, 4.69) is 5.32 Å². The van der Waals surface area contributed by atoms with Gasteiger partial charge in [-0.3, -0.25) is 10.1 Å². The second-order valence-corrected chi connectivity index (χ2v) is 4.65. The summed E-state index contributed by atoms with van der Waals surface area (Å²) in [7, 11) is 1.33. The Morgan fingerprint density at radius 3 is 2.68 bits per heavy atom. The van der Waals surface area contributed by atoms with Gasteiger partial charge >= 0.3 is 11.9 Å². The topological polar surface area (TPSA) is 88.8 Å². The molecule has 1 unspecified atom stereocenters. The highest BCUT2D eigenvalue weighted by Gasteiger charge is 2.21. The molecule has 0 radical (unpaired) electrons. The van der Waals surface area contributed by atoms with Crippen LogP contribution in [0.5, 0.6) is 0 Å². The smallest absolute Gasteiger partial charge is 0.339 e. The molecule has 6 heteroatoms. The van der Waals surface area contributed by atoms with E-state index in [9.17, 15) is 9.59 Å². The van der Waals surface area contributed by atoms with Gasteiger partial charge in [-0.1, -0.05) is 13.8 Å². The lowest BCUT2D eigenvalue weighted by Gasteiger charge is -2.17. The number of carbonyl (C=O) groups is 2. The molecule has 0 aromatic carbocycles. The van der Waals surface area contributed by atoms with Gasteiger partial charge in [-0.25, -0.2) is 4.79 Å². The average molecular weight is 269 g/mol. The van der Waals surface area contributed by atoms with Crippen molar-refractivity contribution < 1.29 is 23.8 Å². The van der Waals surface area contributed by atoms with Crippen molar-refractivity contribution in [3.8, 4) is 0 Å². The highest BCUT2D eigenvalue weighted by atomic mass is 16.5. The molecule has 0 spiro atoms. The third kappa shape index (κ3) is 4.40. The first kappa shape index (κ1) is 15.2. The second kappa shape index (κ2) is 6.94. The molecule has 2 N–H and O–H groups in total. The van der Waals surface area contributed by atoms with Crippen molar-refractivity contribution in [1.82, 2.24) is 5.32 Å². The molecular formula is C13H19NO5. The van der Waals surface area contributed by atoms with Crippen LogP contribution in [0.25, 0.3) is 0 Å². The van der Waals surface area contributed by atoms with Crippen LogP contribution in [-0.4, -0.2) is 30.2 Å². The molecule has 1 atom stereocenters. The highest BCUT2D eigenvalue weighted by molar-refractivity contribution is 5.88. The number of methoxy groups -OCH3 is 1. The number of esters is 1. The summed E-state index contributed by atoms with van der Waals surface area (Å²) < 4.78 is 9.81. The minimum Gasteiger partial charge on any atom is -0.478 e. The van der Waals surface area contributed by atoms with Crippen LogP contribution >= 0.6 is 0 Å². The molecule has 0 saturated heterocycles. The average Bonchev–Trinajstić information content (AvgIpc) is 2.81. The minimum atomic E-state index is -1.05. The zero-order valence-electron chi connectivity index (χ0n) is 11.3. The molecule has 1 aromatic rings. The fraction of sp³-hybridized carbons (Fsp3) is 0.538. The predicted octanol–water partition coefficient (Wildman–Crippen LogP) is 1.66. The van der Waals surface area contributed by atoms with Crippen molar-refractivity contribution in [2.24, 2.45) is 5.92 Å². The summed E-state index contributed by atoms with van der Waals surface area (Å²) in [5.41, 5.74) is 0.0978. The Labute approximate surface area is 111 Å². The van der Waals surface area contributed by atoms with E-state index in [4.69, 9.17) is 14.3 Å². The molecule has 0 bridgehead atoms. The Kier molecular flexibility index (Phi) is 5.57. The molecule has 6 nitrogen and oxygen atoms in total. The maximum Gasteiger partial charge on any atom is 0.339 e. The van der Waals surface area contributed by atoms with Gasteiger partial charge in [0.2, 0.25) is 0 Å². The summed E-state index contributed by atoms with van der Waals surface area (Å²) in [6, 6.07) is 0.909. The number of carbonyl (C=O) groups excluding carboxylic acids is 1.